The van der Waals surface area contributed by atoms with Crippen LogP contribution in [-0.4, -0.2) is 52.2 Å². The molecule has 122 valence electrons. The molecule has 1 aliphatic heterocycles. The van der Waals surface area contributed by atoms with E-state index in [1.54, 1.807) is 0 Å². The molecule has 1 aromatic rings. The van der Waals surface area contributed by atoms with E-state index in [1.807, 2.05) is 15.8 Å². The smallest absolute Gasteiger partial charge is 0.317 e. The van der Waals surface area contributed by atoms with Crippen LogP contribution in [0.5, 0.6) is 0 Å². The average molecular weight is 307 g/mol. The van der Waals surface area contributed by atoms with Crippen molar-refractivity contribution in [3.05, 3.63) is 11.9 Å². The minimum absolute atomic E-state index is 0.0254. The van der Waals surface area contributed by atoms with E-state index < -0.39 is 0 Å². The molecule has 2 fully saturated rings. The molecule has 0 aromatic carbocycles. The summed E-state index contributed by atoms with van der Waals surface area (Å²) in [6, 6.07) is 0.245. The highest BCUT2D eigenvalue weighted by atomic mass is 16.5. The van der Waals surface area contributed by atoms with Crippen molar-refractivity contribution in [1.29, 1.82) is 0 Å². The molecule has 3 rings (SSSR count). The van der Waals surface area contributed by atoms with Gasteiger partial charge in [0.25, 0.3) is 0 Å². The molecule has 1 unspecified atom stereocenters. The summed E-state index contributed by atoms with van der Waals surface area (Å²) in [5.41, 5.74) is 0.870. The van der Waals surface area contributed by atoms with Crippen LogP contribution in [0.25, 0.3) is 0 Å². The van der Waals surface area contributed by atoms with Gasteiger partial charge in [-0.15, -0.1) is 5.10 Å². The molecule has 0 spiro atoms. The Labute approximate surface area is 131 Å². The molecular formula is C15H25N5O2. The number of carbonyl (C=O) groups is 1. The number of nitrogens with one attached hydrogen (secondary N) is 1. The lowest BCUT2D eigenvalue weighted by Gasteiger charge is -2.16. The number of aromatic nitrogens is 3. The molecule has 1 saturated heterocycles. The molecule has 2 aliphatic rings. The number of amides is 2. The highest BCUT2D eigenvalue weighted by Crippen LogP contribution is 2.29. The molecular weight excluding hydrogens is 282 g/mol. The van der Waals surface area contributed by atoms with Gasteiger partial charge in [-0.2, -0.15) is 0 Å². The van der Waals surface area contributed by atoms with Gasteiger partial charge in [-0.3, -0.25) is 0 Å². The fourth-order valence-electron chi connectivity index (χ4n) is 2.66. The molecule has 2 heterocycles. The van der Waals surface area contributed by atoms with Crippen molar-refractivity contribution in [1.82, 2.24) is 25.2 Å². The topological polar surface area (TPSA) is 72.3 Å². The second-order valence-electron chi connectivity index (χ2n) is 6.27. The third-order valence-corrected chi connectivity index (χ3v) is 4.21. The zero-order valence-corrected chi connectivity index (χ0v) is 13.2. The minimum atomic E-state index is 0.0254. The van der Waals surface area contributed by atoms with Crippen LogP contribution in [0.3, 0.4) is 0 Å². The SMILES string of the molecule is CCCNC(=O)N1CCC(n2cc(COCC3CC3)nn2)C1. The van der Waals surface area contributed by atoms with E-state index in [1.165, 1.54) is 12.8 Å². The number of hydrogen-bond donors (Lipinski definition) is 1. The van der Waals surface area contributed by atoms with E-state index >= 15 is 0 Å². The predicted octanol–water partition coefficient (Wildman–Crippen LogP) is 1.57. The Kier molecular flexibility index (Phi) is 4.92. The Morgan fingerprint density at radius 3 is 3.09 bits per heavy atom. The first-order chi connectivity index (χ1) is 10.8. The van der Waals surface area contributed by atoms with Gasteiger partial charge >= 0.3 is 6.03 Å². The standard InChI is InChI=1S/C15H25N5O2/c1-2-6-16-15(21)19-7-5-14(9-19)20-8-13(17-18-20)11-22-10-12-3-4-12/h8,12,14H,2-7,9-11H2,1H3,(H,16,21). The van der Waals surface area contributed by atoms with Crippen molar-refractivity contribution in [3.63, 3.8) is 0 Å². The molecule has 2 amide bonds. The summed E-state index contributed by atoms with van der Waals surface area (Å²) in [5.74, 6) is 0.764. The van der Waals surface area contributed by atoms with E-state index in [-0.39, 0.29) is 12.1 Å². The van der Waals surface area contributed by atoms with Crippen molar-refractivity contribution in [2.75, 3.05) is 26.2 Å². The second kappa shape index (κ2) is 7.09. The lowest BCUT2D eigenvalue weighted by molar-refractivity contribution is 0.108. The third kappa shape index (κ3) is 3.97. The van der Waals surface area contributed by atoms with Gasteiger partial charge in [-0.05, 0) is 31.6 Å². The highest BCUT2D eigenvalue weighted by Gasteiger charge is 2.28. The number of likely N-dealkylation sites (tertiary alicyclic amines) is 1. The van der Waals surface area contributed by atoms with Crippen molar-refractivity contribution in [2.45, 2.75) is 45.3 Å². The number of ether oxygens (including phenoxy) is 1. The molecule has 1 saturated carbocycles. The van der Waals surface area contributed by atoms with Gasteiger partial charge in [0.05, 0.1) is 18.8 Å². The van der Waals surface area contributed by atoms with Gasteiger partial charge < -0.3 is 15.0 Å². The normalized spacial score (nSPS) is 21.3. The molecule has 7 nitrogen and oxygen atoms in total. The number of nitrogens with zero attached hydrogens (tertiary/aromatic N) is 4. The zero-order chi connectivity index (χ0) is 15.4. The molecule has 22 heavy (non-hydrogen) atoms. The summed E-state index contributed by atoms with van der Waals surface area (Å²) in [7, 11) is 0. The third-order valence-electron chi connectivity index (χ3n) is 4.21. The van der Waals surface area contributed by atoms with Gasteiger partial charge in [0, 0.05) is 26.2 Å². The summed E-state index contributed by atoms with van der Waals surface area (Å²) in [6.07, 6.45) is 6.42. The lowest BCUT2D eigenvalue weighted by Crippen LogP contribution is -2.38. The Balaban J connectivity index is 1.45. The van der Waals surface area contributed by atoms with Gasteiger partial charge in [0.1, 0.15) is 5.69 Å². The van der Waals surface area contributed by atoms with E-state index in [0.717, 1.165) is 44.1 Å². The average Bonchev–Trinajstić information content (AvgIpc) is 3.03. The fourth-order valence-corrected chi connectivity index (χ4v) is 2.66. The highest BCUT2D eigenvalue weighted by molar-refractivity contribution is 5.74. The van der Waals surface area contributed by atoms with Crippen LogP contribution >= 0.6 is 0 Å². The lowest BCUT2D eigenvalue weighted by atomic mass is 10.3. The fraction of sp³-hybridized carbons (Fsp3) is 0.800. The zero-order valence-electron chi connectivity index (χ0n) is 13.2. The van der Waals surface area contributed by atoms with Crippen molar-refractivity contribution >= 4 is 6.03 Å². The number of rotatable bonds is 7. The van der Waals surface area contributed by atoms with Crippen molar-refractivity contribution in [2.24, 2.45) is 5.92 Å². The monoisotopic (exact) mass is 307 g/mol. The maximum absolute atomic E-state index is 11.9. The van der Waals surface area contributed by atoms with Crippen LogP contribution in [0.2, 0.25) is 0 Å². The first-order valence-electron chi connectivity index (χ1n) is 8.27. The molecule has 0 radical (unpaired) electrons. The van der Waals surface area contributed by atoms with E-state index in [0.29, 0.717) is 13.2 Å². The summed E-state index contributed by atoms with van der Waals surface area (Å²) < 4.78 is 7.51. The van der Waals surface area contributed by atoms with Crippen LogP contribution < -0.4 is 5.32 Å². The number of hydrogen-bond acceptors (Lipinski definition) is 4. The maximum Gasteiger partial charge on any atom is 0.317 e. The van der Waals surface area contributed by atoms with Crippen LogP contribution in [0.1, 0.15) is 44.3 Å². The van der Waals surface area contributed by atoms with Crippen molar-refractivity contribution in [3.8, 4) is 0 Å². The summed E-state index contributed by atoms with van der Waals surface area (Å²) in [5, 5.41) is 11.3. The Hall–Kier alpha value is -1.63. The van der Waals surface area contributed by atoms with Gasteiger partial charge in [-0.1, -0.05) is 12.1 Å². The number of urea groups is 1. The summed E-state index contributed by atoms with van der Waals surface area (Å²) in [6.45, 7) is 5.61. The Morgan fingerprint density at radius 2 is 2.32 bits per heavy atom. The Morgan fingerprint density at radius 1 is 1.45 bits per heavy atom. The molecule has 0 bridgehead atoms. The predicted molar refractivity (Wildman–Crippen MR) is 81.3 cm³/mol. The van der Waals surface area contributed by atoms with E-state index in [4.69, 9.17) is 4.74 Å². The molecule has 1 atom stereocenters. The quantitative estimate of drug-likeness (QED) is 0.830. The maximum atomic E-state index is 11.9. The molecule has 7 heteroatoms. The first-order valence-corrected chi connectivity index (χ1v) is 8.27. The van der Waals surface area contributed by atoms with Gasteiger partial charge in [-0.25, -0.2) is 9.48 Å². The minimum Gasteiger partial charge on any atom is -0.375 e. The molecule has 1 N–H and O–H groups in total. The van der Waals surface area contributed by atoms with Crippen LogP contribution in [0.4, 0.5) is 4.79 Å². The first kappa shape index (κ1) is 15.3. The van der Waals surface area contributed by atoms with Crippen LogP contribution in [0, 0.1) is 5.92 Å². The summed E-state index contributed by atoms with van der Waals surface area (Å²) >= 11 is 0. The van der Waals surface area contributed by atoms with Crippen molar-refractivity contribution < 1.29 is 9.53 Å². The molecule has 1 aliphatic carbocycles. The second-order valence-corrected chi connectivity index (χ2v) is 6.27. The van der Waals surface area contributed by atoms with Crippen LogP contribution in [-0.2, 0) is 11.3 Å². The van der Waals surface area contributed by atoms with E-state index in [2.05, 4.69) is 22.6 Å². The molecule has 1 aromatic heterocycles. The van der Waals surface area contributed by atoms with E-state index in [9.17, 15) is 4.79 Å². The van der Waals surface area contributed by atoms with Gasteiger partial charge in [0.2, 0.25) is 0 Å². The Bertz CT molecular complexity index is 500. The van der Waals surface area contributed by atoms with Crippen LogP contribution in [0.15, 0.2) is 6.20 Å². The largest absolute Gasteiger partial charge is 0.375 e. The summed E-state index contributed by atoms with van der Waals surface area (Å²) in [4.78, 5) is 13.8. The number of carbonyl (C=O) groups excluding carboxylic acids is 1. The van der Waals surface area contributed by atoms with Gasteiger partial charge in [0.15, 0.2) is 0 Å².